The second-order valence-electron chi connectivity index (χ2n) is 28.1. The minimum atomic E-state index is -0.0712. The highest BCUT2D eigenvalue weighted by Crippen LogP contribution is 2.48. The summed E-state index contributed by atoms with van der Waals surface area (Å²) in [7, 11) is 0. The van der Waals surface area contributed by atoms with Gasteiger partial charge in [0.05, 0.1) is 31.5 Å². The van der Waals surface area contributed by atoms with Gasteiger partial charge in [0.15, 0.2) is 23.0 Å². The van der Waals surface area contributed by atoms with E-state index in [1.54, 1.807) is 109 Å². The number of fused-ring (bicyclic) bond motifs is 4. The quantitative estimate of drug-likeness (QED) is 0.0305. The SMILES string of the molecule is CC.CC.CC.CC.Nc1coc(-c2ccc(-c3c(C(=O)c4ccccc4)sc4cc(O)ccc34)cc2)c1.O=C(c1ccccc1)c1sc2cc(O)ccc2c1-c1ccc(-c2cc(O)co2)cc1.O=COc1ccoc1-c1ccc(-c2c(C(=O)c3ccccc3)sc3cc(O)ccc23)cc1.O=COc1coc(-c2ccc(-c3c(C(=O)c4ccccc4)sc4cc(O)ccc34)cc2)c1. The summed E-state index contributed by atoms with van der Waals surface area (Å²) in [5.74, 6) is 3.46. The molecule has 0 fully saturated rings. The summed E-state index contributed by atoms with van der Waals surface area (Å²) in [5.41, 5.74) is 19.0. The van der Waals surface area contributed by atoms with Crippen molar-refractivity contribution in [2.45, 2.75) is 55.4 Å². The van der Waals surface area contributed by atoms with Crippen molar-refractivity contribution in [3.05, 3.63) is 382 Å². The average molecular weight is 1830 g/mol. The Morgan fingerprint density at radius 2 is 0.568 bits per heavy atom. The fourth-order valence-corrected chi connectivity index (χ4v) is 19.3. The van der Waals surface area contributed by atoms with Gasteiger partial charge in [-0.1, -0.05) is 274 Å². The van der Waals surface area contributed by atoms with Gasteiger partial charge in [-0.2, -0.15) is 0 Å². The van der Waals surface area contributed by atoms with Gasteiger partial charge in [-0.15, -0.1) is 45.3 Å². The van der Waals surface area contributed by atoms with Crippen molar-refractivity contribution < 1.29 is 81.4 Å². The number of hydrogen-bond donors (Lipinski definition) is 6. The molecule has 0 amide bonds. The third-order valence-electron chi connectivity index (χ3n) is 20.2. The molecule has 0 aliphatic carbocycles. The lowest BCUT2D eigenvalue weighted by molar-refractivity contribution is -0.121. The molecule has 0 radical (unpaired) electrons. The molecule has 0 saturated carbocycles. The minimum absolute atomic E-state index is 0.0332. The van der Waals surface area contributed by atoms with Crippen molar-refractivity contribution in [2.75, 3.05) is 5.73 Å². The summed E-state index contributed by atoms with van der Waals surface area (Å²) in [6.07, 6.45) is 5.63. The third kappa shape index (κ3) is 21.1. The Balaban J connectivity index is 0.000000146. The fraction of sp³-hybridized carbons (Fsp3) is 0.0727. The number of ether oxygens (including phenoxy) is 2. The van der Waals surface area contributed by atoms with E-state index in [4.69, 9.17) is 32.9 Å². The maximum atomic E-state index is 13.3. The molecule has 8 aromatic heterocycles. The molecule has 0 aliphatic heterocycles. The van der Waals surface area contributed by atoms with Gasteiger partial charge in [0.25, 0.3) is 12.9 Å². The molecular formula is C110H89NO17S4. The number of nitrogens with two attached hydrogens (primary N) is 1. The van der Waals surface area contributed by atoms with Crippen LogP contribution in [0.25, 0.3) is 130 Å². The monoisotopic (exact) mass is 1820 g/mol. The van der Waals surface area contributed by atoms with Gasteiger partial charge in [0, 0.05) is 131 Å². The Labute approximate surface area is 776 Å². The number of phenolic OH excluding ortho intramolecular Hbond substituents is 4. The number of aromatic hydroxyl groups is 5. The summed E-state index contributed by atoms with van der Waals surface area (Å²) in [4.78, 5) is 77.0. The van der Waals surface area contributed by atoms with Crippen LogP contribution in [0.2, 0.25) is 0 Å². The Bertz CT molecular complexity index is 7130. The third-order valence-corrected chi connectivity index (χ3v) is 24.8. The molecule has 0 unspecified atom stereocenters. The number of carbonyl (C=O) groups is 6. The predicted molar refractivity (Wildman–Crippen MR) is 531 cm³/mol. The molecule has 132 heavy (non-hydrogen) atoms. The Kier molecular flexibility index (Phi) is 31.3. The number of furan rings is 4. The number of ketones is 4. The van der Waals surface area contributed by atoms with Crippen LogP contribution in [0.4, 0.5) is 5.69 Å². The van der Waals surface area contributed by atoms with E-state index in [-0.39, 0.29) is 51.9 Å². The van der Waals surface area contributed by atoms with Gasteiger partial charge in [-0.05, 0) is 95.1 Å². The molecule has 0 atom stereocenters. The van der Waals surface area contributed by atoms with Crippen LogP contribution < -0.4 is 15.2 Å². The van der Waals surface area contributed by atoms with Crippen molar-refractivity contribution in [3.8, 4) is 130 Å². The molecule has 7 N–H and O–H groups in total. The molecule has 20 aromatic rings. The van der Waals surface area contributed by atoms with Crippen LogP contribution in [-0.4, -0.2) is 61.6 Å². The van der Waals surface area contributed by atoms with Crippen LogP contribution in [0.5, 0.6) is 40.2 Å². The van der Waals surface area contributed by atoms with E-state index < -0.39 is 0 Å². The first-order valence-electron chi connectivity index (χ1n) is 42.3. The highest BCUT2D eigenvalue weighted by atomic mass is 32.1. The van der Waals surface area contributed by atoms with Crippen LogP contribution >= 0.6 is 45.3 Å². The van der Waals surface area contributed by atoms with E-state index in [2.05, 4.69) is 0 Å². The normalized spacial score (nSPS) is 10.5. The minimum Gasteiger partial charge on any atom is -0.508 e. The second-order valence-corrected chi connectivity index (χ2v) is 32.3. The highest BCUT2D eigenvalue weighted by molar-refractivity contribution is 7.23. The number of nitrogen functional groups attached to an aromatic ring is 1. The van der Waals surface area contributed by atoms with Crippen molar-refractivity contribution in [3.63, 3.8) is 0 Å². The zero-order valence-corrected chi connectivity index (χ0v) is 76.1. The van der Waals surface area contributed by atoms with Crippen LogP contribution in [0.3, 0.4) is 0 Å². The molecule has 0 spiro atoms. The van der Waals surface area contributed by atoms with Crippen molar-refractivity contribution in [1.29, 1.82) is 0 Å². The van der Waals surface area contributed by atoms with Crippen LogP contribution in [-0.2, 0) is 9.59 Å². The summed E-state index contributed by atoms with van der Waals surface area (Å²) in [6, 6.07) is 94.6. The number of rotatable bonds is 20. The van der Waals surface area contributed by atoms with Gasteiger partial charge in [-0.3, -0.25) is 28.8 Å². The first-order chi connectivity index (χ1) is 64.5. The maximum Gasteiger partial charge on any atom is 0.298 e. The maximum absolute atomic E-state index is 13.3. The van der Waals surface area contributed by atoms with Crippen LogP contribution in [0.15, 0.2) is 358 Å². The number of phenols is 4. The zero-order valence-electron chi connectivity index (χ0n) is 72.8. The van der Waals surface area contributed by atoms with Gasteiger partial charge in [0.2, 0.25) is 23.1 Å². The van der Waals surface area contributed by atoms with E-state index in [1.807, 2.05) is 262 Å². The molecule has 660 valence electrons. The topological polar surface area (TPSA) is 301 Å². The number of hydrogen-bond acceptors (Lipinski definition) is 22. The van der Waals surface area contributed by atoms with Crippen molar-refractivity contribution in [1.82, 2.24) is 0 Å². The van der Waals surface area contributed by atoms with E-state index in [9.17, 15) is 54.3 Å². The summed E-state index contributed by atoms with van der Waals surface area (Å²) >= 11 is 5.50. The molecular weight excluding hydrogens is 1740 g/mol. The zero-order chi connectivity index (χ0) is 93.5. The van der Waals surface area contributed by atoms with Crippen LogP contribution in [0, 0.1) is 0 Å². The van der Waals surface area contributed by atoms with E-state index >= 15 is 0 Å². The molecule has 8 heterocycles. The fourth-order valence-electron chi connectivity index (χ4n) is 14.4. The molecule has 20 rings (SSSR count). The summed E-state index contributed by atoms with van der Waals surface area (Å²) in [5, 5.41) is 52.9. The lowest BCUT2D eigenvalue weighted by atomic mass is 9.97. The smallest absolute Gasteiger partial charge is 0.298 e. The van der Waals surface area contributed by atoms with E-state index in [1.165, 1.54) is 70.4 Å². The summed E-state index contributed by atoms with van der Waals surface area (Å²) in [6.45, 7) is 16.7. The molecule has 18 nitrogen and oxygen atoms in total. The van der Waals surface area contributed by atoms with Gasteiger partial charge < -0.3 is 58.4 Å². The average Bonchev–Trinajstić information content (AvgIpc) is 1.63. The van der Waals surface area contributed by atoms with Crippen LogP contribution in [0.1, 0.15) is 116 Å². The molecule has 0 aliphatic rings. The summed E-state index contributed by atoms with van der Waals surface area (Å²) < 4.78 is 34.9. The first-order valence-corrected chi connectivity index (χ1v) is 45.6. The van der Waals surface area contributed by atoms with Crippen molar-refractivity contribution in [2.24, 2.45) is 0 Å². The predicted octanol–water partition coefficient (Wildman–Crippen LogP) is 29.5. The molecule has 0 saturated heterocycles. The standard InChI is InChI=1S/2C26H16O5S.C25H17NO3S.C25H16O4S.4C2H6/c27-15-31-20-13-22(30-14-20)16-6-8-17(9-7-16)24-21-11-10-19(28)12-23(21)32-26(24)25(29)18-4-2-1-3-5-18;27-15-31-21-12-13-30-25(21)18-8-6-16(7-9-18)23-20-11-10-19(28)14-22(20)32-26(23)24(29)17-4-2-1-3-5-17;26-18-12-21(29-14-18)15-6-8-16(9-7-15)23-20-11-10-19(27)13-22(20)30-25(23)24(28)17-4-2-1-3-5-17;26-18-10-11-20-22(13-18)30-25(24(28)17-4-2-1-3-5-17)23(20)16-8-6-15(7-9-16)21-12-19(27)14-29-21;4*1-2/h2*1-15,28H;1-14,27H,26H2;1-14,26-27H;4*1-2H3. The Morgan fingerprint density at radius 1 is 0.288 bits per heavy atom. The number of benzene rings is 12. The number of thiophene rings is 4. The first kappa shape index (κ1) is 93.7. The molecule has 12 aromatic carbocycles. The van der Waals surface area contributed by atoms with E-state index in [0.717, 1.165) is 107 Å². The van der Waals surface area contributed by atoms with Crippen molar-refractivity contribution >= 4 is 127 Å². The molecule has 0 bridgehead atoms. The number of carbonyl (C=O) groups excluding carboxylic acids is 6. The Morgan fingerprint density at radius 3 is 0.856 bits per heavy atom. The number of anilines is 1. The largest absolute Gasteiger partial charge is 0.508 e. The molecule has 22 heteroatoms. The van der Waals surface area contributed by atoms with Gasteiger partial charge in [0.1, 0.15) is 59.1 Å². The Hall–Kier alpha value is -16.0. The lowest BCUT2D eigenvalue weighted by Gasteiger charge is -2.07. The highest BCUT2D eigenvalue weighted by Gasteiger charge is 2.28. The van der Waals surface area contributed by atoms with Gasteiger partial charge >= 0.3 is 0 Å². The lowest BCUT2D eigenvalue weighted by Crippen LogP contribution is -2.00. The van der Waals surface area contributed by atoms with E-state index in [0.29, 0.717) is 94.9 Å². The van der Waals surface area contributed by atoms with Gasteiger partial charge in [-0.25, -0.2) is 0 Å². The second kappa shape index (κ2) is 44.2.